The van der Waals surface area contributed by atoms with E-state index in [1.54, 1.807) is 6.07 Å². The number of halogens is 1. The first-order chi connectivity index (χ1) is 9.02. The van der Waals surface area contributed by atoms with Crippen molar-refractivity contribution in [3.63, 3.8) is 0 Å². The lowest BCUT2D eigenvalue weighted by atomic mass is 9.95. The Bertz CT molecular complexity index is 478. The van der Waals surface area contributed by atoms with Crippen LogP contribution in [0.2, 0.25) is 5.02 Å². The molecule has 19 heavy (non-hydrogen) atoms. The summed E-state index contributed by atoms with van der Waals surface area (Å²) in [4.78, 5) is 18.2. The van der Waals surface area contributed by atoms with E-state index in [-0.39, 0.29) is 5.91 Å². The standard InChI is InChI=1S/C13H19ClN4O/c1-8(2)9-3-4-18(7-9)13(19)10-5-11(14)12(17-15)16-6-10/h5-6,8-9H,3-4,7,15H2,1-2H3,(H,16,17). The number of aromatic nitrogens is 1. The molecule has 0 aliphatic carbocycles. The average molecular weight is 283 g/mol. The van der Waals surface area contributed by atoms with Crippen LogP contribution in [0, 0.1) is 11.8 Å². The van der Waals surface area contributed by atoms with E-state index in [0.29, 0.717) is 28.2 Å². The molecule has 1 atom stereocenters. The van der Waals surface area contributed by atoms with Crippen LogP contribution in [0.4, 0.5) is 5.82 Å². The Morgan fingerprint density at radius 2 is 2.37 bits per heavy atom. The van der Waals surface area contributed by atoms with Crippen molar-refractivity contribution in [2.75, 3.05) is 18.5 Å². The molecule has 0 bridgehead atoms. The number of hydrazine groups is 1. The molecule has 1 fully saturated rings. The second-order valence-corrected chi connectivity index (χ2v) is 5.65. The van der Waals surface area contributed by atoms with Gasteiger partial charge in [0.2, 0.25) is 0 Å². The Balaban J connectivity index is 2.10. The molecule has 0 aromatic carbocycles. The molecule has 2 heterocycles. The van der Waals surface area contributed by atoms with Crippen LogP contribution in [0.3, 0.4) is 0 Å². The molecular formula is C13H19ClN4O. The lowest BCUT2D eigenvalue weighted by Gasteiger charge is -2.18. The fourth-order valence-corrected chi connectivity index (χ4v) is 2.58. The fraction of sp³-hybridized carbons (Fsp3) is 0.538. The number of rotatable bonds is 3. The summed E-state index contributed by atoms with van der Waals surface area (Å²) in [5, 5.41) is 0.355. The van der Waals surface area contributed by atoms with Crippen molar-refractivity contribution in [2.45, 2.75) is 20.3 Å². The Labute approximate surface area is 118 Å². The van der Waals surface area contributed by atoms with E-state index in [1.165, 1.54) is 6.20 Å². The lowest BCUT2D eigenvalue weighted by molar-refractivity contribution is 0.0783. The van der Waals surface area contributed by atoms with Crippen molar-refractivity contribution in [3.05, 3.63) is 22.8 Å². The summed E-state index contributed by atoms with van der Waals surface area (Å²) in [6.07, 6.45) is 2.57. The summed E-state index contributed by atoms with van der Waals surface area (Å²) in [7, 11) is 0. The summed E-state index contributed by atoms with van der Waals surface area (Å²) < 4.78 is 0. The number of carbonyl (C=O) groups is 1. The van der Waals surface area contributed by atoms with Crippen molar-refractivity contribution in [2.24, 2.45) is 17.7 Å². The van der Waals surface area contributed by atoms with Crippen LogP contribution in [-0.2, 0) is 0 Å². The molecule has 1 unspecified atom stereocenters. The molecule has 1 aliphatic rings. The molecule has 1 aromatic rings. The second-order valence-electron chi connectivity index (χ2n) is 5.24. The zero-order chi connectivity index (χ0) is 14.0. The van der Waals surface area contributed by atoms with E-state index < -0.39 is 0 Å². The van der Waals surface area contributed by atoms with Gasteiger partial charge in [0.25, 0.3) is 5.91 Å². The van der Waals surface area contributed by atoms with Crippen molar-refractivity contribution < 1.29 is 4.79 Å². The molecule has 1 amide bonds. The molecule has 6 heteroatoms. The predicted octanol–water partition coefficient (Wildman–Crippen LogP) is 2.14. The fourth-order valence-electron chi connectivity index (χ4n) is 2.36. The normalized spacial score (nSPS) is 19.0. The van der Waals surface area contributed by atoms with Crippen molar-refractivity contribution >= 4 is 23.3 Å². The van der Waals surface area contributed by atoms with Crippen LogP contribution in [-0.4, -0.2) is 28.9 Å². The van der Waals surface area contributed by atoms with Crippen LogP contribution >= 0.6 is 11.6 Å². The van der Waals surface area contributed by atoms with Gasteiger partial charge in [-0.05, 0) is 24.3 Å². The summed E-state index contributed by atoms with van der Waals surface area (Å²) in [6.45, 7) is 6.00. The molecule has 0 radical (unpaired) electrons. The number of amides is 1. The summed E-state index contributed by atoms with van der Waals surface area (Å²) in [5.74, 6) is 6.80. The largest absolute Gasteiger partial charge is 0.338 e. The van der Waals surface area contributed by atoms with Crippen molar-refractivity contribution in [3.8, 4) is 0 Å². The third kappa shape index (κ3) is 2.98. The molecule has 0 saturated carbocycles. The van der Waals surface area contributed by atoms with E-state index in [4.69, 9.17) is 17.4 Å². The predicted molar refractivity (Wildman–Crippen MR) is 75.9 cm³/mol. The molecule has 1 saturated heterocycles. The maximum atomic E-state index is 12.3. The number of nitrogens with two attached hydrogens (primary N) is 1. The van der Waals surface area contributed by atoms with Crippen LogP contribution < -0.4 is 11.3 Å². The van der Waals surface area contributed by atoms with E-state index in [1.807, 2.05) is 4.90 Å². The van der Waals surface area contributed by atoms with Crippen LogP contribution in [0.25, 0.3) is 0 Å². The van der Waals surface area contributed by atoms with E-state index in [0.717, 1.165) is 19.5 Å². The Hall–Kier alpha value is -1.33. The number of hydrogen-bond donors (Lipinski definition) is 2. The Kier molecular flexibility index (Phi) is 4.27. The van der Waals surface area contributed by atoms with Crippen LogP contribution in [0.1, 0.15) is 30.6 Å². The maximum Gasteiger partial charge on any atom is 0.255 e. The van der Waals surface area contributed by atoms with Crippen molar-refractivity contribution in [1.82, 2.24) is 9.88 Å². The summed E-state index contributed by atoms with van der Waals surface area (Å²) in [5.41, 5.74) is 2.89. The molecule has 1 aliphatic heterocycles. The number of hydrogen-bond acceptors (Lipinski definition) is 4. The van der Waals surface area contributed by atoms with Crippen LogP contribution in [0.5, 0.6) is 0 Å². The van der Waals surface area contributed by atoms with Gasteiger partial charge in [-0.1, -0.05) is 25.4 Å². The topological polar surface area (TPSA) is 71.2 Å². The smallest absolute Gasteiger partial charge is 0.255 e. The molecule has 1 aromatic heterocycles. The van der Waals surface area contributed by atoms with E-state index in [2.05, 4.69) is 24.3 Å². The summed E-state index contributed by atoms with van der Waals surface area (Å²) in [6, 6.07) is 1.61. The number of likely N-dealkylation sites (tertiary alicyclic amines) is 1. The Morgan fingerprint density at radius 3 is 2.89 bits per heavy atom. The first kappa shape index (κ1) is 14.1. The lowest BCUT2D eigenvalue weighted by Crippen LogP contribution is -2.29. The third-order valence-corrected chi connectivity index (χ3v) is 3.97. The zero-order valence-electron chi connectivity index (χ0n) is 11.2. The quantitative estimate of drug-likeness (QED) is 0.658. The number of pyridine rings is 1. The number of carbonyl (C=O) groups excluding carboxylic acids is 1. The highest BCUT2D eigenvalue weighted by Gasteiger charge is 2.28. The van der Waals surface area contributed by atoms with Gasteiger partial charge in [0.1, 0.15) is 0 Å². The average Bonchev–Trinajstić information content (AvgIpc) is 2.87. The van der Waals surface area contributed by atoms with Gasteiger partial charge >= 0.3 is 0 Å². The van der Waals surface area contributed by atoms with Crippen molar-refractivity contribution in [1.29, 1.82) is 0 Å². The maximum absolute atomic E-state index is 12.3. The third-order valence-electron chi connectivity index (χ3n) is 3.68. The van der Waals surface area contributed by atoms with E-state index in [9.17, 15) is 4.79 Å². The van der Waals surface area contributed by atoms with Gasteiger partial charge in [-0.15, -0.1) is 0 Å². The molecule has 2 rings (SSSR count). The minimum atomic E-state index is -0.0129. The highest BCUT2D eigenvalue weighted by atomic mass is 35.5. The number of nitrogens with one attached hydrogen (secondary N) is 1. The van der Waals surface area contributed by atoms with Crippen LogP contribution in [0.15, 0.2) is 12.3 Å². The number of anilines is 1. The summed E-state index contributed by atoms with van der Waals surface area (Å²) >= 11 is 5.98. The Morgan fingerprint density at radius 1 is 1.63 bits per heavy atom. The molecule has 5 nitrogen and oxygen atoms in total. The monoisotopic (exact) mass is 282 g/mol. The first-order valence-electron chi connectivity index (χ1n) is 6.44. The zero-order valence-corrected chi connectivity index (χ0v) is 11.9. The highest BCUT2D eigenvalue weighted by molar-refractivity contribution is 6.33. The molecule has 104 valence electrons. The van der Waals surface area contributed by atoms with Gasteiger partial charge in [0, 0.05) is 19.3 Å². The SMILES string of the molecule is CC(C)C1CCN(C(=O)c2cnc(NN)c(Cl)c2)C1. The molecule has 0 spiro atoms. The minimum absolute atomic E-state index is 0.0129. The highest BCUT2D eigenvalue weighted by Crippen LogP contribution is 2.26. The van der Waals surface area contributed by atoms with Gasteiger partial charge < -0.3 is 10.3 Å². The van der Waals surface area contributed by atoms with E-state index >= 15 is 0 Å². The van der Waals surface area contributed by atoms with Gasteiger partial charge in [0.05, 0.1) is 10.6 Å². The number of nitrogen functional groups attached to an aromatic ring is 1. The molecular weight excluding hydrogens is 264 g/mol. The van der Waals surface area contributed by atoms with Gasteiger partial charge in [-0.3, -0.25) is 4.79 Å². The first-order valence-corrected chi connectivity index (χ1v) is 6.82. The van der Waals surface area contributed by atoms with Gasteiger partial charge in [0.15, 0.2) is 5.82 Å². The molecule has 3 N–H and O–H groups in total. The second kappa shape index (κ2) is 5.75. The van der Waals surface area contributed by atoms with Gasteiger partial charge in [-0.2, -0.15) is 0 Å². The number of nitrogens with zero attached hydrogens (tertiary/aromatic N) is 2. The van der Waals surface area contributed by atoms with Gasteiger partial charge in [-0.25, -0.2) is 10.8 Å². The minimum Gasteiger partial charge on any atom is -0.338 e.